The van der Waals surface area contributed by atoms with Crippen molar-refractivity contribution in [2.75, 3.05) is 37.6 Å². The zero-order valence-corrected chi connectivity index (χ0v) is 17.5. The first-order valence-electron chi connectivity index (χ1n) is 11.1. The topological polar surface area (TPSA) is 43.9 Å². The van der Waals surface area contributed by atoms with Gasteiger partial charge in [0.2, 0.25) is 5.91 Å². The van der Waals surface area contributed by atoms with Crippen LogP contribution in [0, 0.1) is 11.8 Å². The highest BCUT2D eigenvalue weighted by atomic mass is 16.2. The predicted octanol–water partition coefficient (Wildman–Crippen LogP) is 3.58. The first-order valence-corrected chi connectivity index (χ1v) is 11.1. The number of hydrogen-bond donors (Lipinski definition) is 0. The van der Waals surface area contributed by atoms with Crippen LogP contribution >= 0.6 is 0 Å². The Bertz CT molecular complexity index is 921. The lowest BCUT2D eigenvalue weighted by Crippen LogP contribution is -2.36. The zero-order valence-electron chi connectivity index (χ0n) is 17.5. The maximum atomic E-state index is 13.2. The average molecular weight is 404 g/mol. The van der Waals surface area contributed by atoms with Crippen LogP contribution in [-0.4, -0.2) is 54.3 Å². The Morgan fingerprint density at radius 3 is 2.23 bits per heavy atom. The minimum absolute atomic E-state index is 0.0593. The number of anilines is 1. The van der Waals surface area contributed by atoms with Crippen molar-refractivity contribution >= 4 is 17.5 Å². The summed E-state index contributed by atoms with van der Waals surface area (Å²) in [6, 6.07) is 18.4. The normalized spacial score (nSPS) is 25.6. The molecular formula is C25H29N3O2. The van der Waals surface area contributed by atoms with E-state index < -0.39 is 0 Å². The van der Waals surface area contributed by atoms with Crippen molar-refractivity contribution in [3.05, 3.63) is 65.7 Å². The summed E-state index contributed by atoms with van der Waals surface area (Å²) in [6.07, 6.45) is 2.49. The second kappa shape index (κ2) is 7.78. The van der Waals surface area contributed by atoms with Crippen molar-refractivity contribution in [1.29, 1.82) is 0 Å². The van der Waals surface area contributed by atoms with Crippen molar-refractivity contribution in [3.8, 4) is 0 Å². The summed E-state index contributed by atoms with van der Waals surface area (Å²) >= 11 is 0. The van der Waals surface area contributed by atoms with Crippen LogP contribution < -0.4 is 4.90 Å². The van der Waals surface area contributed by atoms with Gasteiger partial charge >= 0.3 is 0 Å². The van der Waals surface area contributed by atoms with Crippen LogP contribution in [0.15, 0.2) is 54.6 Å². The van der Waals surface area contributed by atoms with Crippen LogP contribution in [0.5, 0.6) is 0 Å². The highest BCUT2D eigenvalue weighted by Crippen LogP contribution is 2.45. The molecule has 5 heteroatoms. The molecule has 156 valence electrons. The van der Waals surface area contributed by atoms with Crippen molar-refractivity contribution in [2.24, 2.45) is 11.8 Å². The van der Waals surface area contributed by atoms with Crippen molar-refractivity contribution in [2.45, 2.75) is 25.8 Å². The SMILES string of the molecule is CC(=O)N1C[C@H]2CN(C(=O)c3ccc(N4CCCC4)cc3)C[C@H]2[C@H]1c1ccccc1. The molecule has 5 rings (SSSR count). The molecule has 30 heavy (non-hydrogen) atoms. The molecule has 0 radical (unpaired) electrons. The molecule has 0 spiro atoms. The molecule has 5 nitrogen and oxygen atoms in total. The minimum atomic E-state index is 0.0593. The number of fused-ring (bicyclic) bond motifs is 1. The quantitative estimate of drug-likeness (QED) is 0.787. The molecule has 0 aromatic heterocycles. The summed E-state index contributed by atoms with van der Waals surface area (Å²) in [5.41, 5.74) is 3.14. The van der Waals surface area contributed by atoms with Gasteiger partial charge in [-0.3, -0.25) is 9.59 Å². The van der Waals surface area contributed by atoms with Gasteiger partial charge in [0.25, 0.3) is 5.91 Å². The molecule has 3 fully saturated rings. The molecule has 2 aromatic carbocycles. The van der Waals surface area contributed by atoms with Crippen LogP contribution in [0.25, 0.3) is 0 Å². The van der Waals surface area contributed by atoms with Gasteiger partial charge < -0.3 is 14.7 Å². The second-order valence-corrected chi connectivity index (χ2v) is 8.90. The summed E-state index contributed by atoms with van der Waals surface area (Å²) in [4.78, 5) is 31.9. The Balaban J connectivity index is 1.32. The molecule has 0 N–H and O–H groups in total. The fourth-order valence-corrected chi connectivity index (χ4v) is 5.59. The van der Waals surface area contributed by atoms with Gasteiger partial charge in [-0.25, -0.2) is 0 Å². The zero-order chi connectivity index (χ0) is 20.7. The van der Waals surface area contributed by atoms with Crippen molar-refractivity contribution in [1.82, 2.24) is 9.80 Å². The first kappa shape index (κ1) is 19.2. The van der Waals surface area contributed by atoms with E-state index in [1.165, 1.54) is 24.1 Å². The second-order valence-electron chi connectivity index (χ2n) is 8.90. The molecule has 2 aromatic rings. The van der Waals surface area contributed by atoms with E-state index in [2.05, 4.69) is 29.2 Å². The third-order valence-corrected chi connectivity index (χ3v) is 7.08. The lowest BCUT2D eigenvalue weighted by molar-refractivity contribution is -0.130. The Labute approximate surface area is 178 Å². The molecule has 0 bridgehead atoms. The Hall–Kier alpha value is -2.82. The highest BCUT2D eigenvalue weighted by molar-refractivity contribution is 5.94. The molecule has 0 saturated carbocycles. The van der Waals surface area contributed by atoms with Crippen LogP contribution in [0.3, 0.4) is 0 Å². The molecule has 3 aliphatic rings. The van der Waals surface area contributed by atoms with E-state index in [0.717, 1.165) is 31.7 Å². The van der Waals surface area contributed by atoms with E-state index in [9.17, 15) is 9.59 Å². The average Bonchev–Trinajstić information content (AvgIpc) is 3.50. The van der Waals surface area contributed by atoms with Crippen LogP contribution in [0.1, 0.15) is 41.7 Å². The van der Waals surface area contributed by atoms with E-state index in [1.54, 1.807) is 6.92 Å². The van der Waals surface area contributed by atoms with E-state index in [4.69, 9.17) is 0 Å². The molecule has 3 saturated heterocycles. The van der Waals surface area contributed by atoms with Crippen LogP contribution in [0.2, 0.25) is 0 Å². The molecule has 3 aliphatic heterocycles. The maximum Gasteiger partial charge on any atom is 0.253 e. The Morgan fingerprint density at radius 2 is 1.57 bits per heavy atom. The summed E-state index contributed by atoms with van der Waals surface area (Å²) in [5.74, 6) is 0.864. The van der Waals surface area contributed by atoms with Gasteiger partial charge in [0.15, 0.2) is 0 Å². The smallest absolute Gasteiger partial charge is 0.253 e. The van der Waals surface area contributed by atoms with Crippen molar-refractivity contribution < 1.29 is 9.59 Å². The summed E-state index contributed by atoms with van der Waals surface area (Å²) in [7, 11) is 0. The van der Waals surface area contributed by atoms with Gasteiger partial charge in [0.1, 0.15) is 0 Å². The van der Waals surface area contributed by atoms with Gasteiger partial charge in [-0.1, -0.05) is 30.3 Å². The van der Waals surface area contributed by atoms with Gasteiger partial charge in [-0.05, 0) is 42.7 Å². The Morgan fingerprint density at radius 1 is 0.867 bits per heavy atom. The molecule has 0 unspecified atom stereocenters. The number of amides is 2. The number of hydrogen-bond acceptors (Lipinski definition) is 3. The number of likely N-dealkylation sites (tertiary alicyclic amines) is 2. The van der Waals surface area contributed by atoms with Crippen LogP contribution in [0.4, 0.5) is 5.69 Å². The predicted molar refractivity (Wildman–Crippen MR) is 117 cm³/mol. The molecule has 3 atom stereocenters. The Kier molecular flexibility index (Phi) is 4.97. The van der Waals surface area contributed by atoms with Crippen LogP contribution in [-0.2, 0) is 4.79 Å². The first-order chi connectivity index (χ1) is 14.6. The number of carbonyl (C=O) groups excluding carboxylic acids is 2. The number of rotatable bonds is 3. The highest BCUT2D eigenvalue weighted by Gasteiger charge is 2.49. The standard InChI is InChI=1S/C25H29N3O2/c1-18(29)28-16-21-15-27(17-23(21)24(28)19-7-3-2-4-8-19)25(30)20-9-11-22(12-10-20)26-13-5-6-14-26/h2-4,7-12,21,23-24H,5-6,13-17H2,1H3/t21-,23-,24-/m1/s1. The van der Waals surface area contributed by atoms with Gasteiger partial charge in [0, 0.05) is 62.7 Å². The lowest BCUT2D eigenvalue weighted by atomic mass is 9.89. The van der Waals surface area contributed by atoms with E-state index >= 15 is 0 Å². The molecule has 0 aliphatic carbocycles. The number of carbonyl (C=O) groups is 2. The lowest BCUT2D eigenvalue weighted by Gasteiger charge is -2.29. The number of benzene rings is 2. The van der Waals surface area contributed by atoms with E-state index in [0.29, 0.717) is 18.4 Å². The van der Waals surface area contributed by atoms with Gasteiger partial charge in [-0.15, -0.1) is 0 Å². The maximum absolute atomic E-state index is 13.2. The molecule has 3 heterocycles. The van der Waals surface area contributed by atoms with Gasteiger partial charge in [0.05, 0.1) is 6.04 Å². The molecular weight excluding hydrogens is 374 g/mol. The minimum Gasteiger partial charge on any atom is -0.372 e. The molecule has 2 amide bonds. The summed E-state index contributed by atoms with van der Waals surface area (Å²) < 4.78 is 0. The monoisotopic (exact) mass is 403 g/mol. The van der Waals surface area contributed by atoms with E-state index in [1.807, 2.05) is 40.1 Å². The van der Waals surface area contributed by atoms with E-state index in [-0.39, 0.29) is 17.9 Å². The third-order valence-electron chi connectivity index (χ3n) is 7.08. The summed E-state index contributed by atoms with van der Waals surface area (Å²) in [5, 5.41) is 0. The third kappa shape index (κ3) is 3.36. The van der Waals surface area contributed by atoms with Gasteiger partial charge in [-0.2, -0.15) is 0 Å². The number of nitrogens with zero attached hydrogens (tertiary/aromatic N) is 3. The fourth-order valence-electron chi connectivity index (χ4n) is 5.59. The largest absolute Gasteiger partial charge is 0.372 e. The summed E-state index contributed by atoms with van der Waals surface area (Å²) in [6.45, 7) is 6.04. The van der Waals surface area contributed by atoms with Crippen molar-refractivity contribution in [3.63, 3.8) is 0 Å². The fraction of sp³-hybridized carbons (Fsp3) is 0.440.